The zero-order valence-corrected chi connectivity index (χ0v) is 12.2. The number of hydrogen-bond acceptors (Lipinski definition) is 4. The monoisotopic (exact) mass is 276 g/mol. The molecule has 0 aliphatic rings. The Morgan fingerprint density at radius 1 is 1.32 bits per heavy atom. The van der Waals surface area contributed by atoms with Crippen molar-refractivity contribution in [1.82, 2.24) is 15.2 Å². The Kier molecular flexibility index (Phi) is 5.27. The molecule has 1 aromatic carbocycles. The van der Waals surface area contributed by atoms with Gasteiger partial charge in [0.15, 0.2) is 5.16 Å². The van der Waals surface area contributed by atoms with Crippen LogP contribution in [0, 0.1) is 0 Å². The van der Waals surface area contributed by atoms with Crippen LogP contribution in [-0.2, 0) is 0 Å². The van der Waals surface area contributed by atoms with Crippen LogP contribution in [0.5, 0.6) is 0 Å². The van der Waals surface area contributed by atoms with E-state index in [2.05, 4.69) is 58.6 Å². The number of nitrogens with zero attached hydrogens (tertiary/aromatic N) is 2. The van der Waals surface area contributed by atoms with Crippen LogP contribution in [-0.4, -0.2) is 21.2 Å². The maximum absolute atomic E-state index is 4.10. The highest BCUT2D eigenvalue weighted by Crippen LogP contribution is 2.25. The summed E-state index contributed by atoms with van der Waals surface area (Å²) in [6.07, 6.45) is 5.26. The third-order valence-corrected chi connectivity index (χ3v) is 3.76. The maximum atomic E-state index is 4.10. The summed E-state index contributed by atoms with van der Waals surface area (Å²) in [6, 6.07) is 8.94. The van der Waals surface area contributed by atoms with Crippen LogP contribution < -0.4 is 5.32 Å². The van der Waals surface area contributed by atoms with Crippen LogP contribution in [0.15, 0.2) is 40.6 Å². The van der Waals surface area contributed by atoms with E-state index in [1.54, 1.807) is 11.8 Å². The molecule has 0 amide bonds. The van der Waals surface area contributed by atoms with E-state index in [9.17, 15) is 0 Å². The first-order valence-corrected chi connectivity index (χ1v) is 7.49. The summed E-state index contributed by atoms with van der Waals surface area (Å²) >= 11 is 1.58. The molecule has 5 heteroatoms. The number of aromatic amines is 1. The van der Waals surface area contributed by atoms with Gasteiger partial charge in [-0.05, 0) is 37.6 Å². The molecule has 1 unspecified atom stereocenters. The van der Waals surface area contributed by atoms with Gasteiger partial charge in [-0.1, -0.05) is 31.5 Å². The summed E-state index contributed by atoms with van der Waals surface area (Å²) < 4.78 is 0. The number of anilines is 1. The Morgan fingerprint density at radius 3 is 2.74 bits per heavy atom. The molecule has 0 aliphatic heterocycles. The minimum absolute atomic E-state index is 0.521. The smallest absolute Gasteiger partial charge is 0.188 e. The highest BCUT2D eigenvalue weighted by Gasteiger charge is 2.03. The average molecular weight is 276 g/mol. The van der Waals surface area contributed by atoms with Gasteiger partial charge < -0.3 is 5.32 Å². The molecule has 4 nitrogen and oxygen atoms in total. The fraction of sp³-hybridized carbons (Fsp3) is 0.429. The first-order chi connectivity index (χ1) is 9.28. The molecule has 0 saturated heterocycles. The van der Waals surface area contributed by atoms with Gasteiger partial charge in [0.05, 0.1) is 0 Å². The molecule has 102 valence electrons. The molecule has 0 radical (unpaired) electrons. The largest absolute Gasteiger partial charge is 0.383 e. The summed E-state index contributed by atoms with van der Waals surface area (Å²) in [5, 5.41) is 11.0. The lowest BCUT2D eigenvalue weighted by molar-refractivity contribution is 0.645. The van der Waals surface area contributed by atoms with E-state index in [4.69, 9.17) is 0 Å². The summed E-state index contributed by atoms with van der Waals surface area (Å²) in [5.74, 6) is 0. The van der Waals surface area contributed by atoms with Crippen molar-refractivity contribution in [3.8, 4) is 0 Å². The fourth-order valence-corrected chi connectivity index (χ4v) is 2.53. The molecule has 1 atom stereocenters. The van der Waals surface area contributed by atoms with Gasteiger partial charge in [0.2, 0.25) is 0 Å². The van der Waals surface area contributed by atoms with Gasteiger partial charge in [0, 0.05) is 16.6 Å². The van der Waals surface area contributed by atoms with E-state index >= 15 is 0 Å². The molecule has 2 aromatic rings. The number of unbranched alkanes of at least 4 members (excludes halogenated alkanes) is 1. The SMILES string of the molecule is CCCCC(C)Nc1ccc(Sc2ncn[nH]2)cc1. The predicted octanol–water partition coefficient (Wildman–Crippen LogP) is 3.95. The number of aromatic nitrogens is 3. The summed E-state index contributed by atoms with van der Waals surface area (Å²) in [5.41, 5.74) is 1.17. The van der Waals surface area contributed by atoms with Crippen molar-refractivity contribution in [2.75, 3.05) is 5.32 Å². The highest BCUT2D eigenvalue weighted by molar-refractivity contribution is 7.99. The van der Waals surface area contributed by atoms with Crippen LogP contribution in [0.2, 0.25) is 0 Å². The van der Waals surface area contributed by atoms with Crippen LogP contribution in [0.1, 0.15) is 33.1 Å². The molecule has 0 spiro atoms. The molecule has 0 bridgehead atoms. The van der Waals surface area contributed by atoms with Crippen molar-refractivity contribution < 1.29 is 0 Å². The lowest BCUT2D eigenvalue weighted by Crippen LogP contribution is -2.14. The Balaban J connectivity index is 1.87. The zero-order chi connectivity index (χ0) is 13.5. The molecule has 1 aromatic heterocycles. The van der Waals surface area contributed by atoms with Crippen LogP contribution in [0.4, 0.5) is 5.69 Å². The van der Waals surface area contributed by atoms with Crippen molar-refractivity contribution in [3.63, 3.8) is 0 Å². The minimum Gasteiger partial charge on any atom is -0.383 e. The molecule has 0 saturated carbocycles. The fourth-order valence-electron chi connectivity index (χ4n) is 1.84. The van der Waals surface area contributed by atoms with E-state index < -0.39 is 0 Å². The molecular formula is C14H20N4S. The first-order valence-electron chi connectivity index (χ1n) is 6.67. The summed E-state index contributed by atoms with van der Waals surface area (Å²) in [4.78, 5) is 5.25. The maximum Gasteiger partial charge on any atom is 0.188 e. The van der Waals surface area contributed by atoms with Crippen LogP contribution in [0.25, 0.3) is 0 Å². The van der Waals surface area contributed by atoms with Gasteiger partial charge in [-0.2, -0.15) is 5.10 Å². The Labute approximate surface area is 118 Å². The minimum atomic E-state index is 0.521. The number of H-pyrrole nitrogens is 1. The van der Waals surface area contributed by atoms with E-state index in [0.29, 0.717) is 6.04 Å². The lowest BCUT2D eigenvalue weighted by Gasteiger charge is -2.14. The molecular weight excluding hydrogens is 256 g/mol. The zero-order valence-electron chi connectivity index (χ0n) is 11.4. The predicted molar refractivity (Wildman–Crippen MR) is 79.6 cm³/mol. The Morgan fingerprint density at radius 2 is 2.11 bits per heavy atom. The topological polar surface area (TPSA) is 53.6 Å². The van der Waals surface area contributed by atoms with E-state index in [0.717, 1.165) is 10.1 Å². The van der Waals surface area contributed by atoms with Gasteiger partial charge in [-0.25, -0.2) is 4.98 Å². The summed E-state index contributed by atoms with van der Waals surface area (Å²) in [7, 11) is 0. The van der Waals surface area contributed by atoms with Crippen molar-refractivity contribution in [1.29, 1.82) is 0 Å². The van der Waals surface area contributed by atoms with Gasteiger partial charge in [-0.15, -0.1) is 0 Å². The van der Waals surface area contributed by atoms with Crippen molar-refractivity contribution in [2.45, 2.75) is 49.2 Å². The van der Waals surface area contributed by atoms with Crippen molar-refractivity contribution in [2.24, 2.45) is 0 Å². The standard InChI is InChI=1S/C14H20N4S/c1-3-4-5-11(2)17-12-6-8-13(9-7-12)19-14-15-10-16-18-14/h6-11,17H,3-5H2,1-2H3,(H,15,16,18). The number of nitrogens with one attached hydrogen (secondary N) is 2. The van der Waals surface area contributed by atoms with Crippen molar-refractivity contribution in [3.05, 3.63) is 30.6 Å². The molecule has 0 fully saturated rings. The first kappa shape index (κ1) is 13.9. The molecule has 19 heavy (non-hydrogen) atoms. The second kappa shape index (κ2) is 7.19. The van der Waals surface area contributed by atoms with Crippen LogP contribution >= 0.6 is 11.8 Å². The van der Waals surface area contributed by atoms with Gasteiger partial charge in [0.25, 0.3) is 0 Å². The van der Waals surface area contributed by atoms with Gasteiger partial charge in [0.1, 0.15) is 6.33 Å². The van der Waals surface area contributed by atoms with Gasteiger partial charge in [-0.3, -0.25) is 5.10 Å². The summed E-state index contributed by atoms with van der Waals surface area (Å²) in [6.45, 7) is 4.45. The van der Waals surface area contributed by atoms with E-state index in [1.807, 2.05) is 0 Å². The molecule has 0 aliphatic carbocycles. The van der Waals surface area contributed by atoms with Crippen LogP contribution in [0.3, 0.4) is 0 Å². The van der Waals surface area contributed by atoms with E-state index in [-0.39, 0.29) is 0 Å². The Hall–Kier alpha value is -1.49. The van der Waals surface area contributed by atoms with Gasteiger partial charge >= 0.3 is 0 Å². The molecule has 2 N–H and O–H groups in total. The van der Waals surface area contributed by atoms with E-state index in [1.165, 1.54) is 31.3 Å². The number of benzene rings is 1. The third-order valence-electron chi connectivity index (χ3n) is 2.87. The second-order valence-electron chi connectivity index (χ2n) is 4.60. The third kappa shape index (κ3) is 4.59. The Bertz CT molecular complexity index is 467. The average Bonchev–Trinajstić information content (AvgIpc) is 2.91. The number of hydrogen-bond donors (Lipinski definition) is 2. The normalized spacial score (nSPS) is 12.3. The molecule has 1 heterocycles. The van der Waals surface area contributed by atoms with Crippen molar-refractivity contribution >= 4 is 17.4 Å². The second-order valence-corrected chi connectivity index (χ2v) is 5.67. The number of rotatable bonds is 7. The lowest BCUT2D eigenvalue weighted by atomic mass is 10.1. The quantitative estimate of drug-likeness (QED) is 0.804. The highest BCUT2D eigenvalue weighted by atomic mass is 32.2. The molecule has 2 rings (SSSR count).